The van der Waals surface area contributed by atoms with Crippen LogP contribution in [0.5, 0.6) is 5.75 Å². The third kappa shape index (κ3) is 5.24. The van der Waals surface area contributed by atoms with Gasteiger partial charge < -0.3 is 14.8 Å². The zero-order valence-electron chi connectivity index (χ0n) is 13.6. The number of anilines is 1. The largest absolute Gasteiger partial charge is 0.494 e. The normalized spacial score (nSPS) is 10.3. The van der Waals surface area contributed by atoms with Crippen LogP contribution in [-0.4, -0.2) is 26.2 Å². The molecule has 0 aliphatic carbocycles. The quantitative estimate of drug-likeness (QED) is 0.460. The van der Waals surface area contributed by atoms with E-state index >= 15 is 0 Å². The van der Waals surface area contributed by atoms with Crippen LogP contribution in [0.15, 0.2) is 45.3 Å². The molecule has 4 nitrogen and oxygen atoms in total. The molecular formula is C18H19Br2NO3. The molecule has 0 atom stereocenters. The first-order chi connectivity index (χ1) is 11.5. The number of halogens is 2. The first-order valence-corrected chi connectivity index (χ1v) is 9.10. The molecule has 128 valence electrons. The summed E-state index contributed by atoms with van der Waals surface area (Å²) in [4.78, 5) is 11.9. The van der Waals surface area contributed by atoms with E-state index in [1.54, 1.807) is 0 Å². The minimum atomic E-state index is -0.354. The first-order valence-electron chi connectivity index (χ1n) is 7.52. The minimum absolute atomic E-state index is 0.354. The zero-order chi connectivity index (χ0) is 17.5. The van der Waals surface area contributed by atoms with Crippen LogP contribution in [0.3, 0.4) is 0 Å². The van der Waals surface area contributed by atoms with Crippen molar-refractivity contribution in [2.45, 2.75) is 13.3 Å². The maximum Gasteiger partial charge on any atom is 0.340 e. The first kappa shape index (κ1) is 18.8. The van der Waals surface area contributed by atoms with Gasteiger partial charge in [0.1, 0.15) is 5.75 Å². The van der Waals surface area contributed by atoms with Crippen LogP contribution in [0.4, 0.5) is 5.69 Å². The molecule has 6 heteroatoms. The molecule has 2 aromatic carbocycles. The van der Waals surface area contributed by atoms with E-state index < -0.39 is 0 Å². The Kier molecular flexibility index (Phi) is 7.12. The van der Waals surface area contributed by atoms with Crippen molar-refractivity contribution >= 4 is 43.5 Å². The average Bonchev–Trinajstić information content (AvgIpc) is 2.56. The van der Waals surface area contributed by atoms with Crippen molar-refractivity contribution in [2.75, 3.05) is 25.6 Å². The number of ether oxygens (including phenoxy) is 2. The molecule has 0 bridgehead atoms. The summed E-state index contributed by atoms with van der Waals surface area (Å²) in [6, 6.07) is 11.5. The van der Waals surface area contributed by atoms with Gasteiger partial charge in [-0.3, -0.25) is 0 Å². The highest BCUT2D eigenvalue weighted by atomic mass is 79.9. The van der Waals surface area contributed by atoms with Gasteiger partial charge in [0.2, 0.25) is 0 Å². The Morgan fingerprint density at radius 1 is 1.17 bits per heavy atom. The fourth-order valence-electron chi connectivity index (χ4n) is 2.20. The van der Waals surface area contributed by atoms with Crippen LogP contribution < -0.4 is 10.1 Å². The summed E-state index contributed by atoms with van der Waals surface area (Å²) in [6.07, 6.45) is 0.803. The van der Waals surface area contributed by atoms with E-state index in [1.165, 1.54) is 7.11 Å². The van der Waals surface area contributed by atoms with Gasteiger partial charge in [-0.25, -0.2) is 4.79 Å². The van der Waals surface area contributed by atoms with E-state index in [2.05, 4.69) is 37.2 Å². The Balaban J connectivity index is 1.90. The monoisotopic (exact) mass is 455 g/mol. The van der Waals surface area contributed by atoms with Crippen molar-refractivity contribution < 1.29 is 14.3 Å². The van der Waals surface area contributed by atoms with Crippen LogP contribution in [0, 0.1) is 6.92 Å². The molecule has 1 N–H and O–H groups in total. The van der Waals surface area contributed by atoms with Gasteiger partial charge in [0.25, 0.3) is 0 Å². The fourth-order valence-corrected chi connectivity index (χ4v) is 3.18. The van der Waals surface area contributed by atoms with E-state index in [1.807, 2.05) is 43.3 Å². The van der Waals surface area contributed by atoms with E-state index in [0.717, 1.165) is 32.4 Å². The maximum atomic E-state index is 11.9. The zero-order valence-corrected chi connectivity index (χ0v) is 16.7. The van der Waals surface area contributed by atoms with E-state index in [9.17, 15) is 4.79 Å². The van der Waals surface area contributed by atoms with Crippen molar-refractivity contribution in [3.05, 3.63) is 56.5 Å². The molecule has 0 unspecified atom stereocenters. The number of carbonyl (C=O) groups is 1. The summed E-state index contributed by atoms with van der Waals surface area (Å²) < 4.78 is 12.4. The highest BCUT2D eigenvalue weighted by Crippen LogP contribution is 2.29. The molecule has 0 aliphatic heterocycles. The molecule has 2 rings (SSSR count). The number of nitrogens with one attached hydrogen (secondary N) is 1. The van der Waals surface area contributed by atoms with Crippen molar-refractivity contribution in [1.29, 1.82) is 0 Å². The van der Waals surface area contributed by atoms with Gasteiger partial charge in [-0.2, -0.15) is 0 Å². The lowest BCUT2D eigenvalue weighted by Gasteiger charge is -2.14. The molecule has 24 heavy (non-hydrogen) atoms. The second-order valence-corrected chi connectivity index (χ2v) is 7.01. The van der Waals surface area contributed by atoms with Gasteiger partial charge >= 0.3 is 5.97 Å². The number of hydrogen-bond acceptors (Lipinski definition) is 4. The Hall–Kier alpha value is -1.53. The van der Waals surface area contributed by atoms with Crippen LogP contribution in [0.1, 0.15) is 22.3 Å². The molecule has 0 amide bonds. The third-order valence-electron chi connectivity index (χ3n) is 3.35. The number of methoxy groups -OCH3 is 1. The van der Waals surface area contributed by atoms with Gasteiger partial charge in [-0.15, -0.1) is 0 Å². The lowest BCUT2D eigenvalue weighted by atomic mass is 10.1. The topological polar surface area (TPSA) is 47.6 Å². The number of carbonyl (C=O) groups excluding carboxylic acids is 1. The molecule has 0 saturated heterocycles. The second-order valence-electron chi connectivity index (χ2n) is 5.24. The third-order valence-corrected chi connectivity index (χ3v) is 4.50. The van der Waals surface area contributed by atoms with Crippen molar-refractivity contribution in [3.8, 4) is 5.75 Å². The highest BCUT2D eigenvalue weighted by Gasteiger charge is 2.15. The van der Waals surface area contributed by atoms with Gasteiger partial charge in [0, 0.05) is 15.5 Å². The van der Waals surface area contributed by atoms with Gasteiger partial charge in [-0.05, 0) is 71.2 Å². The average molecular weight is 457 g/mol. The molecule has 2 aromatic rings. The van der Waals surface area contributed by atoms with Gasteiger partial charge in [-0.1, -0.05) is 15.9 Å². The Labute approximate surface area is 158 Å². The Morgan fingerprint density at radius 2 is 1.88 bits per heavy atom. The standard InChI is InChI=1S/C18H19Br2NO3/c1-12-10-15(18(22)23-2)17(16(20)11-12)21-8-3-9-24-14-6-4-13(19)5-7-14/h4-7,10-11,21H,3,8-9H2,1-2H3. The number of rotatable bonds is 7. The second kappa shape index (κ2) is 9.08. The number of benzene rings is 2. The minimum Gasteiger partial charge on any atom is -0.494 e. The Morgan fingerprint density at radius 3 is 2.54 bits per heavy atom. The molecule has 0 aliphatic rings. The lowest BCUT2D eigenvalue weighted by molar-refractivity contribution is 0.0601. The van der Waals surface area contributed by atoms with Crippen LogP contribution >= 0.6 is 31.9 Å². The van der Waals surface area contributed by atoms with Crippen LogP contribution in [0.2, 0.25) is 0 Å². The SMILES string of the molecule is COC(=O)c1cc(C)cc(Br)c1NCCCOc1ccc(Br)cc1. The molecule has 0 radical (unpaired) electrons. The summed E-state index contributed by atoms with van der Waals surface area (Å²) >= 11 is 6.89. The van der Waals surface area contributed by atoms with Gasteiger partial charge in [0.05, 0.1) is 25.0 Å². The molecule has 0 heterocycles. The van der Waals surface area contributed by atoms with Crippen molar-refractivity contribution in [2.24, 2.45) is 0 Å². The number of aryl methyl sites for hydroxylation is 1. The fraction of sp³-hybridized carbons (Fsp3) is 0.278. The van der Waals surface area contributed by atoms with Crippen LogP contribution in [-0.2, 0) is 4.74 Å². The highest BCUT2D eigenvalue weighted by molar-refractivity contribution is 9.10. The lowest BCUT2D eigenvalue weighted by Crippen LogP contribution is -2.12. The van der Waals surface area contributed by atoms with E-state index in [4.69, 9.17) is 9.47 Å². The van der Waals surface area contributed by atoms with Crippen LogP contribution in [0.25, 0.3) is 0 Å². The number of hydrogen-bond donors (Lipinski definition) is 1. The van der Waals surface area contributed by atoms with Gasteiger partial charge in [0.15, 0.2) is 0 Å². The smallest absolute Gasteiger partial charge is 0.340 e. The predicted molar refractivity (Wildman–Crippen MR) is 103 cm³/mol. The predicted octanol–water partition coefficient (Wildman–Crippen LogP) is 5.19. The summed E-state index contributed by atoms with van der Waals surface area (Å²) in [5.74, 6) is 0.484. The molecule has 0 fully saturated rings. The van der Waals surface area contributed by atoms with Crippen molar-refractivity contribution in [1.82, 2.24) is 0 Å². The molecule has 0 aromatic heterocycles. The molecular weight excluding hydrogens is 438 g/mol. The van der Waals surface area contributed by atoms with E-state index in [0.29, 0.717) is 18.7 Å². The summed E-state index contributed by atoms with van der Waals surface area (Å²) in [5, 5.41) is 3.28. The Bertz CT molecular complexity index is 702. The number of esters is 1. The summed E-state index contributed by atoms with van der Waals surface area (Å²) in [5.41, 5.74) is 2.26. The van der Waals surface area contributed by atoms with Crippen molar-refractivity contribution in [3.63, 3.8) is 0 Å². The van der Waals surface area contributed by atoms with E-state index in [-0.39, 0.29) is 5.97 Å². The summed E-state index contributed by atoms with van der Waals surface area (Å²) in [6.45, 7) is 3.21. The summed E-state index contributed by atoms with van der Waals surface area (Å²) in [7, 11) is 1.38. The molecule has 0 saturated carbocycles. The maximum absolute atomic E-state index is 11.9. The molecule has 0 spiro atoms.